The van der Waals surface area contributed by atoms with Gasteiger partial charge in [0.05, 0.1) is 5.69 Å². The van der Waals surface area contributed by atoms with Crippen LogP contribution in [0.1, 0.15) is 16.1 Å². The molecule has 146 valence electrons. The van der Waals surface area contributed by atoms with Crippen molar-refractivity contribution in [1.29, 1.82) is 0 Å². The summed E-state index contributed by atoms with van der Waals surface area (Å²) in [4.78, 5) is 17.3. The van der Waals surface area contributed by atoms with Gasteiger partial charge in [-0.25, -0.2) is 4.98 Å². The lowest BCUT2D eigenvalue weighted by atomic mass is 10.1. The van der Waals surface area contributed by atoms with Crippen LogP contribution in [0.5, 0.6) is 0 Å². The zero-order valence-electron chi connectivity index (χ0n) is 16.2. The Labute approximate surface area is 172 Å². The lowest BCUT2D eigenvalue weighted by Crippen LogP contribution is -2.12. The fourth-order valence-corrected chi connectivity index (χ4v) is 3.29. The summed E-state index contributed by atoms with van der Waals surface area (Å²) < 4.78 is 7.30. The molecule has 5 rings (SSSR count). The summed E-state index contributed by atoms with van der Waals surface area (Å²) in [6.45, 7) is 2.04. The topological polar surface area (TPSA) is 72.4 Å². The standard InChI is InChI=1S/C24H18N4O2/c1-16-10-11-28-15-21(26-23(28)12-16)18-8-5-9-19(13-18)25-24(29)20-14-22(30-27-20)17-6-3-2-4-7-17/h2-15H,1H3,(H,25,29). The van der Waals surface area contributed by atoms with Crippen LogP contribution in [0, 0.1) is 6.92 Å². The molecule has 0 aliphatic heterocycles. The highest BCUT2D eigenvalue weighted by Gasteiger charge is 2.14. The van der Waals surface area contributed by atoms with Crippen LogP contribution >= 0.6 is 0 Å². The number of rotatable bonds is 4. The third-order valence-electron chi connectivity index (χ3n) is 4.83. The van der Waals surface area contributed by atoms with Crippen LogP contribution in [0.3, 0.4) is 0 Å². The molecule has 0 saturated carbocycles. The van der Waals surface area contributed by atoms with E-state index in [0.29, 0.717) is 11.4 Å². The van der Waals surface area contributed by atoms with Crippen LogP contribution in [0.25, 0.3) is 28.2 Å². The van der Waals surface area contributed by atoms with E-state index in [1.807, 2.05) is 90.4 Å². The third-order valence-corrected chi connectivity index (χ3v) is 4.83. The second kappa shape index (κ2) is 7.33. The zero-order valence-corrected chi connectivity index (χ0v) is 16.2. The highest BCUT2D eigenvalue weighted by atomic mass is 16.5. The maximum Gasteiger partial charge on any atom is 0.277 e. The first-order valence-corrected chi connectivity index (χ1v) is 9.55. The molecule has 3 heterocycles. The van der Waals surface area contributed by atoms with E-state index in [4.69, 9.17) is 4.52 Å². The van der Waals surface area contributed by atoms with Crippen molar-refractivity contribution < 1.29 is 9.32 Å². The minimum absolute atomic E-state index is 0.225. The Bertz CT molecular complexity index is 1350. The average Bonchev–Trinajstić information content (AvgIpc) is 3.42. The molecule has 3 aromatic heterocycles. The van der Waals surface area contributed by atoms with Crippen molar-refractivity contribution in [2.75, 3.05) is 5.32 Å². The van der Waals surface area contributed by atoms with Gasteiger partial charge in [-0.3, -0.25) is 4.79 Å². The van der Waals surface area contributed by atoms with Gasteiger partial charge in [-0.15, -0.1) is 0 Å². The maximum absolute atomic E-state index is 12.6. The van der Waals surface area contributed by atoms with Crippen LogP contribution in [-0.2, 0) is 0 Å². The number of hydrogen-bond donors (Lipinski definition) is 1. The number of aryl methyl sites for hydroxylation is 1. The first-order chi connectivity index (χ1) is 14.7. The van der Waals surface area contributed by atoms with Crippen LogP contribution in [0.15, 0.2) is 89.7 Å². The van der Waals surface area contributed by atoms with Crippen LogP contribution in [-0.4, -0.2) is 20.4 Å². The van der Waals surface area contributed by atoms with Crippen molar-refractivity contribution in [3.8, 4) is 22.6 Å². The quantitative estimate of drug-likeness (QED) is 0.454. The molecule has 6 nitrogen and oxygen atoms in total. The van der Waals surface area contributed by atoms with Gasteiger partial charge < -0.3 is 14.2 Å². The molecule has 6 heteroatoms. The number of hydrogen-bond acceptors (Lipinski definition) is 4. The first-order valence-electron chi connectivity index (χ1n) is 9.55. The Morgan fingerprint density at radius 1 is 0.967 bits per heavy atom. The molecule has 0 aliphatic carbocycles. The second-order valence-corrected chi connectivity index (χ2v) is 7.07. The van der Waals surface area contributed by atoms with Gasteiger partial charge in [0.2, 0.25) is 0 Å². The fraction of sp³-hybridized carbons (Fsp3) is 0.0417. The van der Waals surface area contributed by atoms with E-state index in [1.54, 1.807) is 6.07 Å². The normalized spacial score (nSPS) is 11.0. The van der Waals surface area contributed by atoms with E-state index < -0.39 is 0 Å². The Balaban J connectivity index is 1.38. The van der Waals surface area contributed by atoms with Crippen molar-refractivity contribution in [2.45, 2.75) is 6.92 Å². The van der Waals surface area contributed by atoms with Gasteiger partial charge in [0, 0.05) is 35.3 Å². The molecule has 2 aromatic carbocycles. The lowest BCUT2D eigenvalue weighted by Gasteiger charge is -2.04. The third kappa shape index (κ3) is 3.46. The van der Waals surface area contributed by atoms with Gasteiger partial charge in [0.15, 0.2) is 11.5 Å². The van der Waals surface area contributed by atoms with Gasteiger partial charge in [-0.2, -0.15) is 0 Å². The molecule has 0 aliphatic rings. The van der Waals surface area contributed by atoms with E-state index >= 15 is 0 Å². The minimum atomic E-state index is -0.330. The van der Waals surface area contributed by atoms with Crippen molar-refractivity contribution in [2.24, 2.45) is 0 Å². The molecule has 0 spiro atoms. The van der Waals surface area contributed by atoms with Crippen molar-refractivity contribution in [3.63, 3.8) is 0 Å². The number of anilines is 1. The molecule has 0 fully saturated rings. The smallest absolute Gasteiger partial charge is 0.277 e. The van der Waals surface area contributed by atoms with Crippen molar-refractivity contribution in [3.05, 3.63) is 96.4 Å². The highest BCUT2D eigenvalue weighted by Crippen LogP contribution is 2.24. The number of aromatic nitrogens is 3. The Morgan fingerprint density at radius 2 is 1.80 bits per heavy atom. The molecule has 1 N–H and O–H groups in total. The number of pyridine rings is 1. The molecule has 1 amide bonds. The molecule has 0 radical (unpaired) electrons. The zero-order chi connectivity index (χ0) is 20.5. The van der Waals surface area contributed by atoms with Gasteiger partial charge in [0.1, 0.15) is 5.65 Å². The molecule has 30 heavy (non-hydrogen) atoms. The second-order valence-electron chi connectivity index (χ2n) is 7.07. The molecule has 0 atom stereocenters. The molecule has 5 aromatic rings. The number of amides is 1. The predicted octanol–water partition coefficient (Wildman–Crippen LogP) is 5.22. The summed E-state index contributed by atoms with van der Waals surface area (Å²) in [5.41, 5.74) is 5.55. The maximum atomic E-state index is 12.6. The van der Waals surface area contributed by atoms with Gasteiger partial charge in [0.25, 0.3) is 5.91 Å². The van der Waals surface area contributed by atoms with Gasteiger partial charge >= 0.3 is 0 Å². The van der Waals surface area contributed by atoms with Gasteiger partial charge in [-0.05, 0) is 36.8 Å². The number of carbonyl (C=O) groups excluding carboxylic acids is 1. The van der Waals surface area contributed by atoms with Crippen LogP contribution in [0.2, 0.25) is 0 Å². The highest BCUT2D eigenvalue weighted by molar-refractivity contribution is 6.03. The number of nitrogens with one attached hydrogen (secondary N) is 1. The lowest BCUT2D eigenvalue weighted by molar-refractivity contribution is 0.101. The Hall–Kier alpha value is -4.19. The van der Waals surface area contributed by atoms with E-state index in [-0.39, 0.29) is 11.6 Å². The summed E-state index contributed by atoms with van der Waals surface area (Å²) in [5, 5.41) is 6.78. The Kier molecular flexibility index (Phi) is 4.37. The predicted molar refractivity (Wildman–Crippen MR) is 115 cm³/mol. The largest absolute Gasteiger partial charge is 0.355 e. The average molecular weight is 394 g/mol. The van der Waals surface area contributed by atoms with E-state index in [2.05, 4.69) is 15.5 Å². The van der Waals surface area contributed by atoms with E-state index in [1.165, 1.54) is 0 Å². The molecule has 0 unspecified atom stereocenters. The number of fused-ring (bicyclic) bond motifs is 1. The van der Waals surface area contributed by atoms with Crippen LogP contribution < -0.4 is 5.32 Å². The van der Waals surface area contributed by atoms with Crippen LogP contribution in [0.4, 0.5) is 5.69 Å². The summed E-state index contributed by atoms with van der Waals surface area (Å²) in [6.07, 6.45) is 3.96. The summed E-state index contributed by atoms with van der Waals surface area (Å²) in [5.74, 6) is 0.221. The molecular formula is C24H18N4O2. The number of nitrogens with zero attached hydrogens (tertiary/aromatic N) is 3. The van der Waals surface area contributed by atoms with Crippen molar-refractivity contribution in [1.82, 2.24) is 14.5 Å². The molecule has 0 saturated heterocycles. The minimum Gasteiger partial charge on any atom is -0.355 e. The van der Waals surface area contributed by atoms with E-state index in [0.717, 1.165) is 28.0 Å². The number of benzene rings is 2. The van der Waals surface area contributed by atoms with E-state index in [9.17, 15) is 4.79 Å². The monoisotopic (exact) mass is 394 g/mol. The number of carbonyl (C=O) groups is 1. The molecular weight excluding hydrogens is 376 g/mol. The first kappa shape index (κ1) is 17.9. The fourth-order valence-electron chi connectivity index (χ4n) is 3.29. The van der Waals surface area contributed by atoms with Gasteiger partial charge in [-0.1, -0.05) is 47.6 Å². The summed E-state index contributed by atoms with van der Waals surface area (Å²) in [6, 6.07) is 22.8. The SMILES string of the molecule is Cc1ccn2cc(-c3cccc(NC(=O)c4cc(-c5ccccc5)on4)c3)nc2c1. The Morgan fingerprint density at radius 3 is 2.67 bits per heavy atom. The summed E-state index contributed by atoms with van der Waals surface area (Å²) >= 11 is 0. The van der Waals surface area contributed by atoms with Crippen molar-refractivity contribution >= 4 is 17.2 Å². The number of imidazole rings is 1. The summed E-state index contributed by atoms with van der Waals surface area (Å²) in [7, 11) is 0. The molecule has 0 bridgehead atoms.